The van der Waals surface area contributed by atoms with E-state index in [1.807, 2.05) is 0 Å². The quantitative estimate of drug-likeness (QED) is 0.884. The van der Waals surface area contributed by atoms with Crippen molar-refractivity contribution in [1.82, 2.24) is 9.71 Å². The van der Waals surface area contributed by atoms with Crippen molar-refractivity contribution in [3.05, 3.63) is 54.0 Å². The fourth-order valence-corrected chi connectivity index (χ4v) is 2.37. The number of rotatable bonds is 4. The van der Waals surface area contributed by atoms with Crippen LogP contribution >= 0.6 is 0 Å². The Hall–Kier alpha value is -1.99. The van der Waals surface area contributed by atoms with Crippen LogP contribution in [0.25, 0.3) is 0 Å². The largest absolute Gasteiger partial charge is 0.397 e. The van der Waals surface area contributed by atoms with Crippen molar-refractivity contribution in [2.24, 2.45) is 0 Å². The lowest BCUT2D eigenvalue weighted by Crippen LogP contribution is -2.24. The Morgan fingerprint density at radius 2 is 1.95 bits per heavy atom. The van der Waals surface area contributed by atoms with Crippen LogP contribution in [0.2, 0.25) is 0 Å². The van der Waals surface area contributed by atoms with Gasteiger partial charge in [-0.15, -0.1) is 0 Å². The molecule has 3 N–H and O–H groups in total. The number of pyridine rings is 1. The number of benzene rings is 1. The van der Waals surface area contributed by atoms with E-state index < -0.39 is 15.8 Å². The Kier molecular flexibility index (Phi) is 3.77. The molecule has 0 aliphatic heterocycles. The Morgan fingerprint density at radius 3 is 2.58 bits per heavy atom. The zero-order chi connectivity index (χ0) is 13.9. The molecule has 1 heterocycles. The summed E-state index contributed by atoms with van der Waals surface area (Å²) in [5.74, 6) is -0.463. The summed E-state index contributed by atoms with van der Waals surface area (Å²) in [6.07, 6.45) is 1.25. The molecule has 0 spiro atoms. The molecule has 0 radical (unpaired) electrons. The molecule has 2 aromatic rings. The summed E-state index contributed by atoms with van der Waals surface area (Å²) >= 11 is 0. The first kappa shape index (κ1) is 13.4. The predicted octanol–water partition coefficient (Wildman–Crippen LogP) is 1.28. The third kappa shape index (κ3) is 3.27. The van der Waals surface area contributed by atoms with E-state index in [0.717, 1.165) is 0 Å². The number of nitrogen functional groups attached to an aromatic ring is 1. The van der Waals surface area contributed by atoms with Gasteiger partial charge in [-0.05, 0) is 18.2 Å². The Balaban J connectivity index is 2.14. The number of hydrogen-bond acceptors (Lipinski definition) is 4. The van der Waals surface area contributed by atoms with Gasteiger partial charge in [-0.3, -0.25) is 0 Å². The van der Waals surface area contributed by atoms with Crippen molar-refractivity contribution >= 4 is 15.7 Å². The molecule has 0 bridgehead atoms. The molecule has 1 aromatic carbocycles. The van der Waals surface area contributed by atoms with E-state index in [1.165, 1.54) is 36.5 Å². The summed E-state index contributed by atoms with van der Waals surface area (Å²) < 4.78 is 39.4. The second-order valence-electron chi connectivity index (χ2n) is 3.85. The van der Waals surface area contributed by atoms with Crippen molar-refractivity contribution in [3.8, 4) is 0 Å². The van der Waals surface area contributed by atoms with Gasteiger partial charge >= 0.3 is 0 Å². The molecule has 2 rings (SSSR count). The number of hydrogen-bond donors (Lipinski definition) is 2. The van der Waals surface area contributed by atoms with Crippen LogP contribution in [0.4, 0.5) is 10.1 Å². The summed E-state index contributed by atoms with van der Waals surface area (Å²) in [6, 6.07) is 8.67. The Morgan fingerprint density at radius 1 is 1.21 bits per heavy atom. The smallest absolute Gasteiger partial charge is 0.258 e. The van der Waals surface area contributed by atoms with Crippen LogP contribution in [0.5, 0.6) is 0 Å². The molecular formula is C12H12FN3O2S. The summed E-state index contributed by atoms with van der Waals surface area (Å²) in [5, 5.41) is -0.155. The van der Waals surface area contributed by atoms with Gasteiger partial charge in [0.2, 0.25) is 0 Å². The van der Waals surface area contributed by atoms with Crippen LogP contribution in [0.1, 0.15) is 5.56 Å². The summed E-state index contributed by atoms with van der Waals surface area (Å²) in [5.41, 5.74) is 6.06. The number of halogens is 1. The maximum atomic E-state index is 13.4. The van der Waals surface area contributed by atoms with Crippen molar-refractivity contribution in [2.75, 3.05) is 5.73 Å². The lowest BCUT2D eigenvalue weighted by molar-refractivity contribution is 0.571. The fraction of sp³-hybridized carbons (Fsp3) is 0.0833. The number of anilines is 1. The molecule has 0 aliphatic rings. The molecule has 0 aliphatic carbocycles. The molecule has 0 atom stereocenters. The Labute approximate surface area is 110 Å². The van der Waals surface area contributed by atoms with Crippen molar-refractivity contribution in [3.63, 3.8) is 0 Å². The van der Waals surface area contributed by atoms with Gasteiger partial charge < -0.3 is 5.73 Å². The van der Waals surface area contributed by atoms with Crippen LogP contribution < -0.4 is 10.5 Å². The maximum Gasteiger partial charge on any atom is 0.258 e. The molecule has 19 heavy (non-hydrogen) atoms. The fourth-order valence-electron chi connectivity index (χ4n) is 1.44. The first-order chi connectivity index (χ1) is 8.99. The zero-order valence-electron chi connectivity index (χ0n) is 9.88. The van der Waals surface area contributed by atoms with Gasteiger partial charge in [0.25, 0.3) is 10.0 Å². The molecular weight excluding hydrogens is 269 g/mol. The molecule has 100 valence electrons. The minimum Gasteiger partial charge on any atom is -0.397 e. The summed E-state index contributed by atoms with van der Waals surface area (Å²) in [7, 11) is -3.78. The van der Waals surface area contributed by atoms with Crippen LogP contribution in [-0.2, 0) is 16.6 Å². The lowest BCUT2D eigenvalue weighted by atomic mass is 10.2. The highest BCUT2D eigenvalue weighted by Gasteiger charge is 2.15. The van der Waals surface area contributed by atoms with E-state index in [2.05, 4.69) is 9.71 Å². The molecule has 0 unspecified atom stereocenters. The second-order valence-corrected chi connectivity index (χ2v) is 5.56. The van der Waals surface area contributed by atoms with E-state index >= 15 is 0 Å². The standard InChI is InChI=1S/C12H12FN3O2S/c13-11-4-2-1-3-9(11)7-16-19(17,18)12-6-5-10(14)8-15-12/h1-6,8,16H,7,14H2. The minimum absolute atomic E-state index is 0.138. The number of nitrogens with one attached hydrogen (secondary N) is 1. The summed E-state index contributed by atoms with van der Waals surface area (Å²) in [4.78, 5) is 3.72. The third-order valence-corrected chi connectivity index (χ3v) is 3.76. The third-order valence-electron chi connectivity index (χ3n) is 2.45. The first-order valence-electron chi connectivity index (χ1n) is 5.43. The Bertz CT molecular complexity index is 672. The maximum absolute atomic E-state index is 13.4. The molecule has 0 saturated heterocycles. The average molecular weight is 281 g/mol. The first-order valence-corrected chi connectivity index (χ1v) is 6.92. The van der Waals surface area contributed by atoms with E-state index in [1.54, 1.807) is 6.07 Å². The second kappa shape index (κ2) is 5.33. The van der Waals surface area contributed by atoms with Gasteiger partial charge in [0.05, 0.1) is 11.9 Å². The molecule has 1 aromatic heterocycles. The van der Waals surface area contributed by atoms with Crippen molar-refractivity contribution < 1.29 is 12.8 Å². The highest BCUT2D eigenvalue weighted by Crippen LogP contribution is 2.10. The van der Waals surface area contributed by atoms with Gasteiger partial charge in [0, 0.05) is 12.1 Å². The molecule has 0 saturated carbocycles. The number of nitrogens with zero attached hydrogens (tertiary/aromatic N) is 1. The van der Waals surface area contributed by atoms with E-state index in [-0.39, 0.29) is 17.1 Å². The van der Waals surface area contributed by atoms with Gasteiger partial charge in [-0.2, -0.15) is 0 Å². The SMILES string of the molecule is Nc1ccc(S(=O)(=O)NCc2ccccc2F)nc1. The van der Waals surface area contributed by atoms with E-state index in [0.29, 0.717) is 5.69 Å². The molecule has 0 fully saturated rings. The average Bonchev–Trinajstić information content (AvgIpc) is 2.38. The van der Waals surface area contributed by atoms with Crippen molar-refractivity contribution in [1.29, 1.82) is 0 Å². The van der Waals surface area contributed by atoms with Gasteiger partial charge in [-0.1, -0.05) is 18.2 Å². The topological polar surface area (TPSA) is 85.1 Å². The molecule has 0 amide bonds. The highest BCUT2D eigenvalue weighted by molar-refractivity contribution is 7.89. The van der Waals surface area contributed by atoms with E-state index in [4.69, 9.17) is 5.73 Å². The highest BCUT2D eigenvalue weighted by atomic mass is 32.2. The normalized spacial score (nSPS) is 11.4. The zero-order valence-corrected chi connectivity index (χ0v) is 10.7. The van der Waals surface area contributed by atoms with Gasteiger partial charge in [-0.25, -0.2) is 22.5 Å². The van der Waals surface area contributed by atoms with Gasteiger partial charge in [0.15, 0.2) is 5.03 Å². The summed E-state index contributed by atoms with van der Waals surface area (Å²) in [6.45, 7) is -0.138. The predicted molar refractivity (Wildman–Crippen MR) is 69.1 cm³/mol. The molecule has 7 heteroatoms. The lowest BCUT2D eigenvalue weighted by Gasteiger charge is -2.07. The number of sulfonamides is 1. The van der Waals surface area contributed by atoms with E-state index in [9.17, 15) is 12.8 Å². The van der Waals surface area contributed by atoms with Crippen LogP contribution in [-0.4, -0.2) is 13.4 Å². The van der Waals surface area contributed by atoms with Gasteiger partial charge in [0.1, 0.15) is 5.82 Å². The van der Waals surface area contributed by atoms with Crippen LogP contribution in [0, 0.1) is 5.82 Å². The monoisotopic (exact) mass is 281 g/mol. The van der Waals surface area contributed by atoms with Crippen molar-refractivity contribution in [2.45, 2.75) is 11.6 Å². The van der Waals surface area contributed by atoms with Crippen LogP contribution in [0.3, 0.4) is 0 Å². The minimum atomic E-state index is -3.78. The molecule has 5 nitrogen and oxygen atoms in total. The van der Waals surface area contributed by atoms with Crippen LogP contribution in [0.15, 0.2) is 47.6 Å². The number of nitrogens with two attached hydrogens (primary N) is 1. The number of aromatic nitrogens is 1.